The second kappa shape index (κ2) is 51.4. The number of carboxylic acid groups (broad SMARTS) is 1. The van der Waals surface area contributed by atoms with Crippen LogP contribution in [0.15, 0.2) is 0 Å². The zero-order chi connectivity index (χ0) is 39.6. The van der Waals surface area contributed by atoms with Gasteiger partial charge in [-0.05, 0) is 84.2 Å². The third-order valence-electron chi connectivity index (χ3n) is 11.9. The van der Waals surface area contributed by atoms with Gasteiger partial charge in [0.05, 0.1) is 0 Å². The molecular formula is C50H103N3O2. The van der Waals surface area contributed by atoms with E-state index in [1.165, 1.54) is 290 Å². The molecule has 5 heteroatoms. The van der Waals surface area contributed by atoms with Crippen LogP contribution in [0.25, 0.3) is 0 Å². The molecule has 4 N–H and O–H groups in total. The van der Waals surface area contributed by atoms with Crippen LogP contribution in [0.1, 0.15) is 277 Å². The Morgan fingerprint density at radius 1 is 0.273 bits per heavy atom. The first-order valence-corrected chi connectivity index (χ1v) is 25.6. The largest absolute Gasteiger partial charge is 0.481 e. The minimum absolute atomic E-state index is 0.341. The van der Waals surface area contributed by atoms with E-state index < -0.39 is 5.97 Å². The van der Waals surface area contributed by atoms with Gasteiger partial charge in [-0.25, -0.2) is 0 Å². The van der Waals surface area contributed by atoms with E-state index in [9.17, 15) is 4.79 Å². The zero-order valence-corrected chi connectivity index (χ0v) is 37.8. The second-order valence-corrected chi connectivity index (χ2v) is 17.5. The molecule has 55 heavy (non-hydrogen) atoms. The van der Waals surface area contributed by atoms with Gasteiger partial charge in [0.25, 0.3) is 0 Å². The Morgan fingerprint density at radius 3 is 0.636 bits per heavy atom. The maximum absolute atomic E-state index is 10.5. The molecule has 0 rings (SSSR count). The lowest BCUT2D eigenvalue weighted by Gasteiger charge is -2.07. The Hall–Kier alpha value is -0.650. The van der Waals surface area contributed by atoms with Gasteiger partial charge in [-0.1, -0.05) is 225 Å². The first-order chi connectivity index (χ1) is 27.3. The van der Waals surface area contributed by atoms with Gasteiger partial charge in [-0.3, -0.25) is 4.79 Å². The highest BCUT2D eigenvalue weighted by molar-refractivity contribution is 5.66. The molecule has 0 saturated carbocycles. The van der Waals surface area contributed by atoms with Crippen molar-refractivity contribution in [1.82, 2.24) is 16.0 Å². The molecule has 0 fully saturated rings. The minimum atomic E-state index is -0.651. The molecule has 0 spiro atoms. The molecule has 330 valence electrons. The summed E-state index contributed by atoms with van der Waals surface area (Å²) in [6, 6.07) is 0. The summed E-state index contributed by atoms with van der Waals surface area (Å²) in [4.78, 5) is 10.5. The summed E-state index contributed by atoms with van der Waals surface area (Å²) < 4.78 is 0. The van der Waals surface area contributed by atoms with Crippen molar-refractivity contribution in [3.8, 4) is 0 Å². The van der Waals surface area contributed by atoms with Crippen molar-refractivity contribution in [3.63, 3.8) is 0 Å². The lowest BCUT2D eigenvalue weighted by molar-refractivity contribution is -0.137. The molecule has 5 nitrogen and oxygen atoms in total. The van der Waals surface area contributed by atoms with Gasteiger partial charge in [0.1, 0.15) is 0 Å². The first kappa shape index (κ1) is 54.3. The number of unbranched alkanes of at least 4 members (excludes halogenated alkanes) is 37. The van der Waals surface area contributed by atoms with Crippen LogP contribution in [0.4, 0.5) is 0 Å². The van der Waals surface area contributed by atoms with Crippen LogP contribution in [0.3, 0.4) is 0 Å². The number of carboxylic acids is 1. The van der Waals surface area contributed by atoms with Crippen LogP contribution >= 0.6 is 0 Å². The Labute approximate surface area is 346 Å². The van der Waals surface area contributed by atoms with Crippen molar-refractivity contribution in [2.45, 2.75) is 277 Å². The van der Waals surface area contributed by atoms with E-state index in [1.54, 1.807) is 0 Å². The Bertz CT molecular complexity index is 690. The van der Waals surface area contributed by atoms with Crippen molar-refractivity contribution < 1.29 is 9.90 Å². The highest BCUT2D eigenvalue weighted by Gasteiger charge is 1.99. The van der Waals surface area contributed by atoms with Crippen LogP contribution < -0.4 is 16.0 Å². The molecule has 0 unspecified atom stereocenters. The highest BCUT2D eigenvalue weighted by Crippen LogP contribution is 2.15. The van der Waals surface area contributed by atoms with E-state index in [-0.39, 0.29) is 0 Å². The average Bonchev–Trinajstić information content (AvgIpc) is 3.18. The molecule has 0 heterocycles. The predicted octanol–water partition coefficient (Wildman–Crippen LogP) is 15.2. The second-order valence-electron chi connectivity index (χ2n) is 17.5. The molecule has 0 aliphatic rings. The molecule has 0 amide bonds. The molecule has 0 aliphatic carbocycles. The van der Waals surface area contributed by atoms with Crippen LogP contribution in [0, 0.1) is 0 Å². The Morgan fingerprint density at radius 2 is 0.436 bits per heavy atom. The molecule has 0 aromatic heterocycles. The minimum Gasteiger partial charge on any atom is -0.481 e. The molecule has 0 aromatic rings. The Balaban J connectivity index is 3.06. The number of aliphatic carboxylic acids is 1. The number of carbonyl (C=O) groups is 1. The number of nitrogens with one attached hydrogen (secondary N) is 3. The quantitative estimate of drug-likeness (QED) is 0.0463. The molecule has 0 atom stereocenters. The maximum Gasteiger partial charge on any atom is 0.303 e. The third kappa shape index (κ3) is 53.4. The lowest BCUT2D eigenvalue weighted by Crippen LogP contribution is -2.20. The topological polar surface area (TPSA) is 73.4 Å². The third-order valence-corrected chi connectivity index (χ3v) is 11.9. The first-order valence-electron chi connectivity index (χ1n) is 25.6. The number of rotatable bonds is 51. The maximum atomic E-state index is 10.5. The summed E-state index contributed by atoms with van der Waals surface area (Å²) in [6.07, 6.45) is 57.1. The van der Waals surface area contributed by atoms with Gasteiger partial charge in [-0.15, -0.1) is 0 Å². The molecule has 0 saturated heterocycles. The highest BCUT2D eigenvalue weighted by atomic mass is 16.4. The van der Waals surface area contributed by atoms with E-state index in [1.807, 2.05) is 0 Å². The average molecular weight is 778 g/mol. The van der Waals surface area contributed by atoms with E-state index in [2.05, 4.69) is 22.9 Å². The fourth-order valence-corrected chi connectivity index (χ4v) is 8.06. The van der Waals surface area contributed by atoms with Gasteiger partial charge in [0, 0.05) is 6.42 Å². The van der Waals surface area contributed by atoms with Crippen molar-refractivity contribution in [3.05, 3.63) is 0 Å². The zero-order valence-electron chi connectivity index (χ0n) is 37.8. The van der Waals surface area contributed by atoms with E-state index >= 15 is 0 Å². The smallest absolute Gasteiger partial charge is 0.303 e. The lowest BCUT2D eigenvalue weighted by atomic mass is 10.0. The predicted molar refractivity (Wildman–Crippen MR) is 246 cm³/mol. The van der Waals surface area contributed by atoms with Gasteiger partial charge in [0.15, 0.2) is 0 Å². The summed E-state index contributed by atoms with van der Waals surface area (Å²) in [5.74, 6) is -0.651. The molecule has 0 radical (unpaired) electrons. The van der Waals surface area contributed by atoms with Crippen molar-refractivity contribution in [2.24, 2.45) is 0 Å². The number of hydrogen-bond acceptors (Lipinski definition) is 4. The van der Waals surface area contributed by atoms with Crippen LogP contribution in [0.2, 0.25) is 0 Å². The van der Waals surface area contributed by atoms with Crippen molar-refractivity contribution >= 4 is 5.97 Å². The Kier molecular flexibility index (Phi) is 50.8. The van der Waals surface area contributed by atoms with Crippen molar-refractivity contribution in [2.75, 3.05) is 39.3 Å². The molecular weight excluding hydrogens is 675 g/mol. The fraction of sp³-hybridized carbons (Fsp3) is 0.980. The summed E-state index contributed by atoms with van der Waals surface area (Å²) in [5, 5.41) is 19.7. The molecule has 0 aliphatic heterocycles. The van der Waals surface area contributed by atoms with E-state index in [0.717, 1.165) is 12.8 Å². The molecule has 0 bridgehead atoms. The normalized spacial score (nSPS) is 11.6. The molecule has 0 aromatic carbocycles. The van der Waals surface area contributed by atoms with Crippen LogP contribution in [-0.2, 0) is 4.79 Å². The SMILES string of the molecule is CCCCCCCCCCCCCCCCNCCCCNCCCCCCCCCCCCCCCNCCCCCCCCCCCCCCC(=O)O. The summed E-state index contributed by atoms with van der Waals surface area (Å²) in [7, 11) is 0. The summed E-state index contributed by atoms with van der Waals surface area (Å²) >= 11 is 0. The summed E-state index contributed by atoms with van der Waals surface area (Å²) in [6.45, 7) is 9.55. The standard InChI is InChI=1S/C50H103N3O2/c1-2-3-4-5-6-7-8-9-12-17-23-29-34-39-46-52-48-41-42-49-53-47-40-35-30-24-19-14-10-13-18-22-27-32-37-44-51-45-38-33-28-25-20-15-11-16-21-26-31-36-43-50(54)55/h51-53H,2-49H2,1H3,(H,54,55). The number of hydrogen-bond donors (Lipinski definition) is 4. The van der Waals surface area contributed by atoms with Gasteiger partial charge < -0.3 is 21.1 Å². The summed E-state index contributed by atoms with van der Waals surface area (Å²) in [5.41, 5.74) is 0. The van der Waals surface area contributed by atoms with Crippen LogP contribution in [0.5, 0.6) is 0 Å². The fourth-order valence-electron chi connectivity index (χ4n) is 8.06. The monoisotopic (exact) mass is 778 g/mol. The van der Waals surface area contributed by atoms with E-state index in [4.69, 9.17) is 5.11 Å². The van der Waals surface area contributed by atoms with E-state index in [0.29, 0.717) is 6.42 Å². The van der Waals surface area contributed by atoms with Gasteiger partial charge in [0.2, 0.25) is 0 Å². The van der Waals surface area contributed by atoms with Gasteiger partial charge in [-0.2, -0.15) is 0 Å². The van der Waals surface area contributed by atoms with Crippen molar-refractivity contribution in [1.29, 1.82) is 0 Å². The van der Waals surface area contributed by atoms with Crippen LogP contribution in [-0.4, -0.2) is 50.3 Å². The van der Waals surface area contributed by atoms with Gasteiger partial charge >= 0.3 is 5.97 Å².